The van der Waals surface area contributed by atoms with Crippen molar-refractivity contribution >= 4 is 34.7 Å². The first kappa shape index (κ1) is 15.4. The molecule has 1 saturated heterocycles. The molecule has 3 heterocycles. The average Bonchev–Trinajstić information content (AvgIpc) is 3.05. The normalized spacial score (nSPS) is 14.5. The summed E-state index contributed by atoms with van der Waals surface area (Å²) in [5.74, 6) is 0.388. The Bertz CT molecular complexity index is 714. The van der Waals surface area contributed by atoms with Gasteiger partial charge in [0.2, 0.25) is 5.91 Å². The van der Waals surface area contributed by atoms with E-state index in [4.69, 9.17) is 5.73 Å². The predicted molar refractivity (Wildman–Crippen MR) is 87.4 cm³/mol. The fourth-order valence-corrected chi connectivity index (χ4v) is 2.84. The van der Waals surface area contributed by atoms with Crippen molar-refractivity contribution in [2.45, 2.75) is 6.54 Å². The molecule has 2 aromatic heterocycles. The number of rotatable bonds is 4. The number of piperazine rings is 1. The van der Waals surface area contributed by atoms with Crippen molar-refractivity contribution in [1.29, 1.82) is 0 Å². The molecule has 0 bridgehead atoms. The quantitative estimate of drug-likeness (QED) is 0.736. The largest absolute Gasteiger partial charge is 0.353 e. The topological polar surface area (TPSA) is 113 Å². The Labute approximate surface area is 136 Å². The van der Waals surface area contributed by atoms with E-state index in [2.05, 4.69) is 20.6 Å². The molecule has 23 heavy (non-hydrogen) atoms. The van der Waals surface area contributed by atoms with Gasteiger partial charge in [0.25, 0.3) is 5.91 Å². The Balaban J connectivity index is 1.65. The molecule has 0 unspecified atom stereocenters. The maximum atomic E-state index is 12.1. The third-order valence-corrected chi connectivity index (χ3v) is 4.20. The molecule has 4 N–H and O–H groups in total. The molecule has 0 spiro atoms. The minimum absolute atomic E-state index is 0.0188. The van der Waals surface area contributed by atoms with Crippen LogP contribution < -0.4 is 21.3 Å². The summed E-state index contributed by atoms with van der Waals surface area (Å²) in [5.41, 5.74) is 6.40. The SMILES string of the molecule is NCc1nc(C(=O)Nc2ccc(N3CCNC(=O)C3)nc2)cs1. The van der Waals surface area contributed by atoms with Crippen LogP contribution in [-0.4, -0.2) is 41.4 Å². The summed E-state index contributed by atoms with van der Waals surface area (Å²) in [4.78, 5) is 33.8. The number of hydrogen-bond donors (Lipinski definition) is 3. The first-order valence-electron chi connectivity index (χ1n) is 7.09. The Morgan fingerprint density at radius 1 is 1.48 bits per heavy atom. The van der Waals surface area contributed by atoms with E-state index in [1.54, 1.807) is 23.7 Å². The standard InChI is InChI=1S/C14H16N6O2S/c15-5-13-19-10(8-23-13)14(22)18-9-1-2-11(17-6-9)20-4-3-16-12(21)7-20/h1-2,6,8H,3-5,7,15H2,(H,16,21)(H,18,22). The van der Waals surface area contributed by atoms with Crippen LogP contribution in [0.2, 0.25) is 0 Å². The Morgan fingerprint density at radius 3 is 3.00 bits per heavy atom. The zero-order chi connectivity index (χ0) is 16.2. The summed E-state index contributed by atoms with van der Waals surface area (Å²) < 4.78 is 0. The number of pyridine rings is 1. The summed E-state index contributed by atoms with van der Waals surface area (Å²) in [6, 6.07) is 3.53. The highest BCUT2D eigenvalue weighted by atomic mass is 32.1. The van der Waals surface area contributed by atoms with E-state index in [1.807, 2.05) is 4.90 Å². The van der Waals surface area contributed by atoms with Crippen molar-refractivity contribution in [2.75, 3.05) is 29.9 Å². The lowest BCUT2D eigenvalue weighted by atomic mass is 10.3. The molecule has 0 aromatic carbocycles. The van der Waals surface area contributed by atoms with Crippen molar-refractivity contribution in [2.24, 2.45) is 5.73 Å². The van der Waals surface area contributed by atoms with Crippen LogP contribution in [0.25, 0.3) is 0 Å². The molecule has 120 valence electrons. The van der Waals surface area contributed by atoms with Crippen LogP contribution in [0.1, 0.15) is 15.5 Å². The van der Waals surface area contributed by atoms with Crippen LogP contribution >= 0.6 is 11.3 Å². The van der Waals surface area contributed by atoms with Gasteiger partial charge in [0.1, 0.15) is 16.5 Å². The fraction of sp³-hybridized carbons (Fsp3) is 0.286. The van der Waals surface area contributed by atoms with Gasteiger partial charge < -0.3 is 21.3 Å². The third kappa shape index (κ3) is 3.63. The number of nitrogens with two attached hydrogens (primary N) is 1. The molecular weight excluding hydrogens is 316 g/mol. The number of carbonyl (C=O) groups excluding carboxylic acids is 2. The van der Waals surface area contributed by atoms with Gasteiger partial charge in [-0.05, 0) is 12.1 Å². The second kappa shape index (κ2) is 6.71. The molecule has 0 atom stereocenters. The molecule has 8 nitrogen and oxygen atoms in total. The van der Waals surface area contributed by atoms with E-state index < -0.39 is 0 Å². The van der Waals surface area contributed by atoms with E-state index in [0.29, 0.717) is 48.4 Å². The van der Waals surface area contributed by atoms with Crippen LogP contribution in [0.15, 0.2) is 23.7 Å². The highest BCUT2D eigenvalue weighted by Crippen LogP contribution is 2.16. The van der Waals surface area contributed by atoms with E-state index in [9.17, 15) is 9.59 Å². The zero-order valence-electron chi connectivity index (χ0n) is 12.3. The second-order valence-corrected chi connectivity index (χ2v) is 5.90. The highest BCUT2D eigenvalue weighted by molar-refractivity contribution is 7.09. The summed E-state index contributed by atoms with van der Waals surface area (Å²) >= 11 is 1.35. The Morgan fingerprint density at radius 2 is 2.35 bits per heavy atom. The molecule has 0 radical (unpaired) electrons. The van der Waals surface area contributed by atoms with Crippen LogP contribution in [0.3, 0.4) is 0 Å². The highest BCUT2D eigenvalue weighted by Gasteiger charge is 2.17. The molecular formula is C14H16N6O2S. The van der Waals surface area contributed by atoms with Gasteiger partial charge in [-0.1, -0.05) is 0 Å². The third-order valence-electron chi connectivity index (χ3n) is 3.33. The number of amides is 2. The van der Waals surface area contributed by atoms with Gasteiger partial charge in [-0.15, -0.1) is 11.3 Å². The van der Waals surface area contributed by atoms with E-state index in [-0.39, 0.29) is 11.8 Å². The smallest absolute Gasteiger partial charge is 0.275 e. The monoisotopic (exact) mass is 332 g/mol. The number of carbonyl (C=O) groups is 2. The van der Waals surface area contributed by atoms with Crippen LogP contribution in [0, 0.1) is 0 Å². The van der Waals surface area contributed by atoms with E-state index in [1.165, 1.54) is 11.3 Å². The summed E-state index contributed by atoms with van der Waals surface area (Å²) in [6.45, 7) is 1.93. The minimum Gasteiger partial charge on any atom is -0.353 e. The maximum Gasteiger partial charge on any atom is 0.275 e. The fourth-order valence-electron chi connectivity index (χ4n) is 2.19. The molecule has 0 aliphatic carbocycles. The van der Waals surface area contributed by atoms with Gasteiger partial charge in [-0.25, -0.2) is 9.97 Å². The van der Waals surface area contributed by atoms with Gasteiger partial charge >= 0.3 is 0 Å². The first-order valence-corrected chi connectivity index (χ1v) is 7.97. The zero-order valence-corrected chi connectivity index (χ0v) is 13.1. The van der Waals surface area contributed by atoms with Gasteiger partial charge in [-0.2, -0.15) is 0 Å². The first-order chi connectivity index (χ1) is 11.2. The van der Waals surface area contributed by atoms with Crippen LogP contribution in [0.5, 0.6) is 0 Å². The maximum absolute atomic E-state index is 12.1. The van der Waals surface area contributed by atoms with Gasteiger partial charge in [0.15, 0.2) is 0 Å². The lowest BCUT2D eigenvalue weighted by Gasteiger charge is -2.27. The van der Waals surface area contributed by atoms with Crippen molar-refractivity contribution in [3.63, 3.8) is 0 Å². The van der Waals surface area contributed by atoms with Crippen LogP contribution in [-0.2, 0) is 11.3 Å². The van der Waals surface area contributed by atoms with Crippen molar-refractivity contribution in [1.82, 2.24) is 15.3 Å². The summed E-state index contributed by atoms with van der Waals surface area (Å²) in [6.07, 6.45) is 1.57. The molecule has 1 aliphatic heterocycles. The number of aromatic nitrogens is 2. The lowest BCUT2D eigenvalue weighted by Crippen LogP contribution is -2.48. The average molecular weight is 332 g/mol. The lowest BCUT2D eigenvalue weighted by molar-refractivity contribution is -0.120. The van der Waals surface area contributed by atoms with Crippen molar-refractivity contribution in [3.05, 3.63) is 34.4 Å². The Hall–Kier alpha value is -2.52. The number of nitrogens with zero attached hydrogens (tertiary/aromatic N) is 3. The molecule has 9 heteroatoms. The summed E-state index contributed by atoms with van der Waals surface area (Å²) in [7, 11) is 0. The Kier molecular flexibility index (Phi) is 4.49. The van der Waals surface area contributed by atoms with Gasteiger partial charge in [0, 0.05) is 25.0 Å². The molecule has 0 saturated carbocycles. The molecule has 2 aromatic rings. The van der Waals surface area contributed by atoms with E-state index >= 15 is 0 Å². The second-order valence-electron chi connectivity index (χ2n) is 4.96. The van der Waals surface area contributed by atoms with E-state index in [0.717, 1.165) is 0 Å². The number of thiazole rings is 1. The molecule has 1 fully saturated rings. The number of anilines is 2. The summed E-state index contributed by atoms with van der Waals surface area (Å²) in [5, 5.41) is 7.89. The molecule has 1 aliphatic rings. The van der Waals surface area contributed by atoms with Crippen molar-refractivity contribution < 1.29 is 9.59 Å². The van der Waals surface area contributed by atoms with Crippen LogP contribution in [0.4, 0.5) is 11.5 Å². The van der Waals surface area contributed by atoms with Gasteiger partial charge in [-0.3, -0.25) is 9.59 Å². The van der Waals surface area contributed by atoms with Crippen molar-refractivity contribution in [3.8, 4) is 0 Å². The minimum atomic E-state index is -0.298. The predicted octanol–water partition coefficient (Wildman–Crippen LogP) is 0.185. The van der Waals surface area contributed by atoms with Gasteiger partial charge in [0.05, 0.1) is 18.4 Å². The molecule has 2 amide bonds. The molecule has 3 rings (SSSR count). The number of nitrogens with one attached hydrogen (secondary N) is 2. The number of hydrogen-bond acceptors (Lipinski definition) is 7.